The van der Waals surface area contributed by atoms with E-state index in [9.17, 15) is 18.4 Å². The average molecular weight is 281 g/mol. The number of alkyl halides is 2. The van der Waals surface area contributed by atoms with Gasteiger partial charge in [0.25, 0.3) is 6.43 Å². The van der Waals surface area contributed by atoms with E-state index in [1.54, 1.807) is 13.8 Å². The lowest BCUT2D eigenvalue weighted by atomic mass is 9.82. The first-order valence-electron chi connectivity index (χ1n) is 6.24. The highest BCUT2D eigenvalue weighted by Crippen LogP contribution is 2.25. The zero-order valence-corrected chi connectivity index (χ0v) is 11.2. The molecule has 0 atom stereocenters. The fraction of sp³-hybridized carbons (Fsp3) is 0.833. The predicted molar refractivity (Wildman–Crippen MR) is 65.1 cm³/mol. The highest BCUT2D eigenvalue weighted by Gasteiger charge is 2.34. The summed E-state index contributed by atoms with van der Waals surface area (Å²) >= 11 is 0. The second-order valence-corrected chi connectivity index (χ2v) is 4.29. The fourth-order valence-electron chi connectivity index (χ4n) is 1.57. The topological polar surface area (TPSA) is 75.6 Å². The summed E-state index contributed by atoms with van der Waals surface area (Å²) in [4.78, 5) is 22.6. The molecule has 0 aromatic heterocycles. The van der Waals surface area contributed by atoms with Gasteiger partial charge in [-0.3, -0.25) is 9.59 Å². The van der Waals surface area contributed by atoms with Crippen molar-refractivity contribution in [3.63, 3.8) is 0 Å². The van der Waals surface area contributed by atoms with Gasteiger partial charge in [0, 0.05) is 13.0 Å². The number of ether oxygens (including phenoxy) is 1. The average Bonchev–Trinajstić information content (AvgIpc) is 2.36. The van der Waals surface area contributed by atoms with Crippen LogP contribution in [0, 0.1) is 5.41 Å². The van der Waals surface area contributed by atoms with Crippen molar-refractivity contribution in [2.75, 3.05) is 19.8 Å². The van der Waals surface area contributed by atoms with E-state index in [2.05, 4.69) is 10.1 Å². The molecule has 0 heterocycles. The second kappa shape index (κ2) is 8.79. The van der Waals surface area contributed by atoms with E-state index in [1.807, 2.05) is 0 Å². The molecule has 0 spiro atoms. The lowest BCUT2D eigenvalue weighted by Gasteiger charge is -2.26. The summed E-state index contributed by atoms with van der Waals surface area (Å²) in [7, 11) is 0. The molecule has 1 amide bonds. The molecular formula is C12H21F2NO4. The first kappa shape index (κ1) is 17.8. The minimum Gasteiger partial charge on any atom is -0.481 e. The molecule has 0 saturated heterocycles. The number of carboxylic acids is 1. The second-order valence-electron chi connectivity index (χ2n) is 4.29. The molecule has 19 heavy (non-hydrogen) atoms. The van der Waals surface area contributed by atoms with E-state index < -0.39 is 30.3 Å². The molecule has 0 unspecified atom stereocenters. The van der Waals surface area contributed by atoms with Gasteiger partial charge in [-0.1, -0.05) is 13.8 Å². The summed E-state index contributed by atoms with van der Waals surface area (Å²) in [6.07, 6.45) is -1.81. The van der Waals surface area contributed by atoms with Gasteiger partial charge in [0.1, 0.15) is 6.61 Å². The summed E-state index contributed by atoms with van der Waals surface area (Å²) in [5.74, 6) is -1.35. The third kappa shape index (κ3) is 6.47. The SMILES string of the molecule is CCC(CC)(CNC(=O)CCOCC(F)F)C(=O)O. The summed E-state index contributed by atoms with van der Waals surface area (Å²) in [6, 6.07) is 0. The number of carbonyl (C=O) groups excluding carboxylic acids is 1. The molecule has 0 aromatic rings. The first-order chi connectivity index (χ1) is 8.88. The van der Waals surface area contributed by atoms with Crippen LogP contribution in [0.1, 0.15) is 33.1 Å². The summed E-state index contributed by atoms with van der Waals surface area (Å²) in [5, 5.41) is 11.7. The van der Waals surface area contributed by atoms with Gasteiger partial charge in [-0.15, -0.1) is 0 Å². The first-order valence-corrected chi connectivity index (χ1v) is 6.24. The van der Waals surface area contributed by atoms with Gasteiger partial charge in [-0.2, -0.15) is 0 Å². The Morgan fingerprint density at radius 2 is 1.89 bits per heavy atom. The smallest absolute Gasteiger partial charge is 0.311 e. The largest absolute Gasteiger partial charge is 0.481 e. The van der Waals surface area contributed by atoms with Crippen LogP contribution in [0.25, 0.3) is 0 Å². The Bertz CT molecular complexity index is 293. The quantitative estimate of drug-likeness (QED) is 0.597. The fourth-order valence-corrected chi connectivity index (χ4v) is 1.57. The van der Waals surface area contributed by atoms with E-state index in [-0.39, 0.29) is 19.6 Å². The molecule has 0 aliphatic carbocycles. The minimum atomic E-state index is -2.55. The number of hydrogen-bond donors (Lipinski definition) is 2. The van der Waals surface area contributed by atoms with Gasteiger partial charge in [0.15, 0.2) is 0 Å². The van der Waals surface area contributed by atoms with Crippen molar-refractivity contribution in [3.05, 3.63) is 0 Å². The number of aliphatic carboxylic acids is 1. The maximum atomic E-state index is 11.8. The van der Waals surface area contributed by atoms with E-state index in [0.29, 0.717) is 12.8 Å². The van der Waals surface area contributed by atoms with Gasteiger partial charge < -0.3 is 15.2 Å². The van der Waals surface area contributed by atoms with Crippen molar-refractivity contribution in [2.45, 2.75) is 39.5 Å². The Morgan fingerprint density at radius 1 is 1.32 bits per heavy atom. The van der Waals surface area contributed by atoms with Crippen molar-refractivity contribution in [1.29, 1.82) is 0 Å². The molecule has 0 aromatic carbocycles. The Balaban J connectivity index is 4.03. The zero-order chi connectivity index (χ0) is 14.9. The van der Waals surface area contributed by atoms with Gasteiger partial charge in [0.2, 0.25) is 5.91 Å². The van der Waals surface area contributed by atoms with Crippen LogP contribution < -0.4 is 5.32 Å². The van der Waals surface area contributed by atoms with Gasteiger partial charge in [0.05, 0.1) is 12.0 Å². The Kier molecular flexibility index (Phi) is 8.22. The van der Waals surface area contributed by atoms with E-state index in [0.717, 1.165) is 0 Å². The van der Waals surface area contributed by atoms with Crippen LogP contribution >= 0.6 is 0 Å². The standard InChI is InChI=1S/C12H21F2NO4/c1-3-12(4-2,11(17)18)8-15-10(16)5-6-19-7-9(13)14/h9H,3-8H2,1-2H3,(H,15,16)(H,17,18). The molecule has 0 radical (unpaired) electrons. The highest BCUT2D eigenvalue weighted by molar-refractivity contribution is 5.79. The Labute approximate surface area is 111 Å². The molecule has 0 fully saturated rings. The lowest BCUT2D eigenvalue weighted by molar-refractivity contribution is -0.149. The third-order valence-corrected chi connectivity index (χ3v) is 3.15. The van der Waals surface area contributed by atoms with Crippen LogP contribution in [0.5, 0.6) is 0 Å². The zero-order valence-electron chi connectivity index (χ0n) is 11.2. The van der Waals surface area contributed by atoms with Crippen LogP contribution in [-0.2, 0) is 14.3 Å². The van der Waals surface area contributed by atoms with Crippen molar-refractivity contribution in [3.8, 4) is 0 Å². The van der Waals surface area contributed by atoms with Crippen molar-refractivity contribution < 1.29 is 28.2 Å². The maximum Gasteiger partial charge on any atom is 0.311 e. The molecule has 2 N–H and O–H groups in total. The van der Waals surface area contributed by atoms with Crippen LogP contribution in [-0.4, -0.2) is 43.2 Å². The summed E-state index contributed by atoms with van der Waals surface area (Å²) in [5.41, 5.74) is -0.973. The predicted octanol–water partition coefficient (Wildman–Crippen LogP) is 1.67. The van der Waals surface area contributed by atoms with Crippen LogP contribution in [0.2, 0.25) is 0 Å². The number of hydrogen-bond acceptors (Lipinski definition) is 3. The number of amides is 1. The van der Waals surface area contributed by atoms with Crippen LogP contribution in [0.3, 0.4) is 0 Å². The normalized spacial score (nSPS) is 11.6. The number of halogens is 2. The van der Waals surface area contributed by atoms with Crippen molar-refractivity contribution >= 4 is 11.9 Å². The number of carbonyl (C=O) groups is 2. The molecular weight excluding hydrogens is 260 g/mol. The van der Waals surface area contributed by atoms with E-state index in [4.69, 9.17) is 5.11 Å². The minimum absolute atomic E-state index is 0.0308. The third-order valence-electron chi connectivity index (χ3n) is 3.15. The number of nitrogens with one attached hydrogen (secondary N) is 1. The number of rotatable bonds is 10. The number of carboxylic acid groups (broad SMARTS) is 1. The molecule has 0 rings (SSSR count). The lowest BCUT2D eigenvalue weighted by Crippen LogP contribution is -2.42. The monoisotopic (exact) mass is 281 g/mol. The molecule has 5 nitrogen and oxygen atoms in total. The summed E-state index contributed by atoms with van der Waals surface area (Å²) in [6.45, 7) is 2.72. The van der Waals surface area contributed by atoms with Crippen LogP contribution in [0.15, 0.2) is 0 Å². The van der Waals surface area contributed by atoms with Crippen LogP contribution in [0.4, 0.5) is 8.78 Å². The molecule has 7 heteroatoms. The Hall–Kier alpha value is -1.24. The van der Waals surface area contributed by atoms with Gasteiger partial charge in [-0.25, -0.2) is 8.78 Å². The molecule has 0 saturated carbocycles. The van der Waals surface area contributed by atoms with E-state index >= 15 is 0 Å². The molecule has 112 valence electrons. The van der Waals surface area contributed by atoms with Gasteiger partial charge in [-0.05, 0) is 12.8 Å². The maximum absolute atomic E-state index is 11.8. The van der Waals surface area contributed by atoms with Crippen molar-refractivity contribution in [2.24, 2.45) is 5.41 Å². The summed E-state index contributed by atoms with van der Waals surface area (Å²) < 4.78 is 28.1. The van der Waals surface area contributed by atoms with Gasteiger partial charge >= 0.3 is 5.97 Å². The molecule has 0 aliphatic heterocycles. The highest BCUT2D eigenvalue weighted by atomic mass is 19.3. The molecule has 0 aliphatic rings. The van der Waals surface area contributed by atoms with Crippen molar-refractivity contribution in [1.82, 2.24) is 5.32 Å². The van der Waals surface area contributed by atoms with E-state index in [1.165, 1.54) is 0 Å². The molecule has 0 bridgehead atoms. The Morgan fingerprint density at radius 3 is 2.32 bits per heavy atom.